The number of carbonyl (C=O) groups is 1. The van der Waals surface area contributed by atoms with Gasteiger partial charge in [-0.15, -0.1) is 0 Å². The van der Waals surface area contributed by atoms with Crippen LogP contribution in [0.4, 0.5) is 4.79 Å². The maximum Gasteiger partial charge on any atom is 0.409 e. The van der Waals surface area contributed by atoms with Crippen molar-refractivity contribution in [2.24, 2.45) is 5.92 Å². The molecule has 0 aromatic rings. The van der Waals surface area contributed by atoms with Crippen LogP contribution in [0.15, 0.2) is 0 Å². The molecular weight excluding hydrogens is 230 g/mol. The molecule has 4 nitrogen and oxygen atoms in total. The van der Waals surface area contributed by atoms with Gasteiger partial charge in [-0.25, -0.2) is 4.79 Å². The highest BCUT2D eigenvalue weighted by Gasteiger charge is 2.29. The van der Waals surface area contributed by atoms with E-state index < -0.39 is 0 Å². The molecule has 1 aliphatic rings. The van der Waals surface area contributed by atoms with Gasteiger partial charge in [-0.05, 0) is 53.4 Å². The molecule has 0 N–H and O–H groups in total. The highest BCUT2D eigenvalue weighted by molar-refractivity contribution is 5.67. The summed E-state index contributed by atoms with van der Waals surface area (Å²) < 4.78 is 11.0. The minimum atomic E-state index is -0.180. The van der Waals surface area contributed by atoms with E-state index in [9.17, 15) is 4.79 Å². The molecule has 18 heavy (non-hydrogen) atoms. The Hall–Kier alpha value is -0.770. The lowest BCUT2D eigenvalue weighted by atomic mass is 9.92. The summed E-state index contributed by atoms with van der Waals surface area (Å²) >= 11 is 0. The number of rotatable bonds is 3. The van der Waals surface area contributed by atoms with Crippen LogP contribution in [0.25, 0.3) is 0 Å². The van der Waals surface area contributed by atoms with Crippen LogP contribution in [-0.4, -0.2) is 42.4 Å². The van der Waals surface area contributed by atoms with Gasteiger partial charge in [-0.3, -0.25) is 0 Å². The average molecular weight is 257 g/mol. The molecule has 0 radical (unpaired) electrons. The Morgan fingerprint density at radius 1 is 1.33 bits per heavy atom. The number of piperidine rings is 1. The fourth-order valence-electron chi connectivity index (χ4n) is 2.42. The molecule has 1 aliphatic heterocycles. The monoisotopic (exact) mass is 257 g/mol. The van der Waals surface area contributed by atoms with Crippen LogP contribution >= 0.6 is 0 Å². The van der Waals surface area contributed by atoms with Crippen molar-refractivity contribution < 1.29 is 14.3 Å². The molecule has 0 aromatic carbocycles. The zero-order valence-electron chi connectivity index (χ0n) is 12.4. The lowest BCUT2D eigenvalue weighted by molar-refractivity contribution is -0.0848. The molecule has 0 saturated carbocycles. The molecule has 1 heterocycles. The van der Waals surface area contributed by atoms with Gasteiger partial charge in [0.15, 0.2) is 0 Å². The number of hydrogen-bond donors (Lipinski definition) is 0. The van der Waals surface area contributed by atoms with E-state index in [0.29, 0.717) is 12.5 Å². The normalized spacial score (nSPS) is 19.7. The fraction of sp³-hybridized carbons (Fsp3) is 0.929. The average Bonchev–Trinajstić information content (AvgIpc) is 2.27. The number of carbonyl (C=O) groups excluding carboxylic acids is 1. The third-order valence-electron chi connectivity index (χ3n) is 3.27. The van der Waals surface area contributed by atoms with E-state index in [2.05, 4.69) is 27.7 Å². The van der Waals surface area contributed by atoms with Crippen molar-refractivity contribution in [3.05, 3.63) is 0 Å². The summed E-state index contributed by atoms with van der Waals surface area (Å²) in [7, 11) is 0. The van der Waals surface area contributed by atoms with E-state index in [-0.39, 0.29) is 17.8 Å². The number of hydrogen-bond acceptors (Lipinski definition) is 3. The minimum absolute atomic E-state index is 0.0995. The predicted molar refractivity (Wildman–Crippen MR) is 71.6 cm³/mol. The lowest BCUT2D eigenvalue weighted by Gasteiger charge is -2.36. The Morgan fingerprint density at radius 3 is 2.33 bits per heavy atom. The van der Waals surface area contributed by atoms with Crippen LogP contribution in [0.2, 0.25) is 0 Å². The van der Waals surface area contributed by atoms with E-state index >= 15 is 0 Å². The third-order valence-corrected chi connectivity index (χ3v) is 3.27. The molecule has 1 rings (SSSR count). The van der Waals surface area contributed by atoms with Crippen molar-refractivity contribution in [2.45, 2.75) is 59.2 Å². The quantitative estimate of drug-likeness (QED) is 0.780. The van der Waals surface area contributed by atoms with Crippen molar-refractivity contribution >= 4 is 6.09 Å². The predicted octanol–water partition coefficient (Wildman–Crippen LogP) is 3.06. The fourth-order valence-corrected chi connectivity index (χ4v) is 2.42. The highest BCUT2D eigenvalue weighted by Crippen LogP contribution is 2.25. The van der Waals surface area contributed by atoms with Gasteiger partial charge in [-0.1, -0.05) is 0 Å². The second-order valence-corrected chi connectivity index (χ2v) is 5.96. The summed E-state index contributed by atoms with van der Waals surface area (Å²) in [4.78, 5) is 13.4. The van der Waals surface area contributed by atoms with Gasteiger partial charge in [-0.2, -0.15) is 0 Å². The van der Waals surface area contributed by atoms with Crippen LogP contribution < -0.4 is 0 Å². The zero-order valence-corrected chi connectivity index (χ0v) is 12.4. The SMILES string of the molecule is CCOC(=O)N1CCC(C(C)OC(C)(C)C)CC1. The van der Waals surface area contributed by atoms with Crippen LogP contribution in [0.3, 0.4) is 0 Å². The lowest BCUT2D eigenvalue weighted by Crippen LogP contribution is -2.42. The summed E-state index contributed by atoms with van der Waals surface area (Å²) in [5, 5.41) is 0. The van der Waals surface area contributed by atoms with Gasteiger partial charge < -0.3 is 14.4 Å². The largest absolute Gasteiger partial charge is 0.450 e. The summed E-state index contributed by atoms with van der Waals surface area (Å²) in [5.41, 5.74) is -0.0995. The maximum atomic E-state index is 11.6. The van der Waals surface area contributed by atoms with Crippen molar-refractivity contribution in [1.29, 1.82) is 0 Å². The topological polar surface area (TPSA) is 38.8 Å². The standard InChI is InChI=1S/C14H27NO3/c1-6-17-13(16)15-9-7-12(8-10-15)11(2)18-14(3,4)5/h11-12H,6-10H2,1-5H3. The first kappa shape index (κ1) is 15.3. The number of amides is 1. The summed E-state index contributed by atoms with van der Waals surface area (Å²) in [5.74, 6) is 0.537. The molecule has 0 bridgehead atoms. The molecule has 1 saturated heterocycles. The molecule has 1 amide bonds. The Bertz CT molecular complexity index is 265. The number of nitrogens with zero attached hydrogens (tertiary/aromatic N) is 1. The van der Waals surface area contributed by atoms with Crippen LogP contribution in [0.5, 0.6) is 0 Å². The van der Waals surface area contributed by atoms with Gasteiger partial charge in [0.25, 0.3) is 0 Å². The van der Waals surface area contributed by atoms with E-state index in [0.717, 1.165) is 25.9 Å². The van der Waals surface area contributed by atoms with E-state index in [4.69, 9.17) is 9.47 Å². The van der Waals surface area contributed by atoms with Crippen LogP contribution in [0, 0.1) is 5.92 Å². The highest BCUT2D eigenvalue weighted by atomic mass is 16.6. The van der Waals surface area contributed by atoms with Gasteiger partial charge in [0.05, 0.1) is 18.3 Å². The first-order valence-corrected chi connectivity index (χ1v) is 6.93. The molecule has 1 unspecified atom stereocenters. The van der Waals surface area contributed by atoms with Crippen molar-refractivity contribution in [1.82, 2.24) is 4.90 Å². The Kier molecular flexibility index (Phi) is 5.45. The van der Waals surface area contributed by atoms with Crippen LogP contribution in [0.1, 0.15) is 47.5 Å². The van der Waals surface area contributed by atoms with Gasteiger partial charge in [0.1, 0.15) is 0 Å². The van der Waals surface area contributed by atoms with Gasteiger partial charge >= 0.3 is 6.09 Å². The molecule has 1 atom stereocenters. The third kappa shape index (κ3) is 4.84. The van der Waals surface area contributed by atoms with Crippen LogP contribution in [-0.2, 0) is 9.47 Å². The summed E-state index contributed by atoms with van der Waals surface area (Å²) in [6.45, 7) is 12.2. The molecular formula is C14H27NO3. The second-order valence-electron chi connectivity index (χ2n) is 5.96. The minimum Gasteiger partial charge on any atom is -0.450 e. The van der Waals surface area contributed by atoms with Gasteiger partial charge in [0, 0.05) is 13.1 Å². The van der Waals surface area contributed by atoms with Crippen molar-refractivity contribution in [3.8, 4) is 0 Å². The van der Waals surface area contributed by atoms with Crippen molar-refractivity contribution in [3.63, 3.8) is 0 Å². The molecule has 0 aliphatic carbocycles. The number of ether oxygens (including phenoxy) is 2. The van der Waals surface area contributed by atoms with Crippen molar-refractivity contribution in [2.75, 3.05) is 19.7 Å². The smallest absolute Gasteiger partial charge is 0.409 e. The van der Waals surface area contributed by atoms with Gasteiger partial charge in [0.2, 0.25) is 0 Å². The molecule has 106 valence electrons. The van der Waals surface area contributed by atoms with E-state index in [1.165, 1.54) is 0 Å². The maximum absolute atomic E-state index is 11.6. The zero-order chi connectivity index (χ0) is 13.8. The first-order valence-electron chi connectivity index (χ1n) is 6.93. The Balaban J connectivity index is 2.37. The molecule has 4 heteroatoms. The second kappa shape index (κ2) is 6.41. The Labute approximate surface area is 111 Å². The van der Waals surface area contributed by atoms with E-state index in [1.54, 1.807) is 4.90 Å². The van der Waals surface area contributed by atoms with E-state index in [1.807, 2.05) is 6.92 Å². The molecule has 0 aromatic heterocycles. The number of likely N-dealkylation sites (tertiary alicyclic amines) is 1. The first-order chi connectivity index (χ1) is 8.33. The Morgan fingerprint density at radius 2 is 1.89 bits per heavy atom. The summed E-state index contributed by atoms with van der Waals surface area (Å²) in [6.07, 6.45) is 2.06. The molecule has 0 spiro atoms. The molecule has 1 fully saturated rings. The summed E-state index contributed by atoms with van der Waals surface area (Å²) in [6, 6.07) is 0.